The third kappa shape index (κ3) is 2.89. The maximum absolute atomic E-state index is 6.25. The third-order valence-electron chi connectivity index (χ3n) is 3.88. The fourth-order valence-corrected chi connectivity index (χ4v) is 4.09. The van der Waals surface area contributed by atoms with Crippen LogP contribution in [0, 0.1) is 0 Å². The first-order valence-corrected chi connectivity index (χ1v) is 7.47. The third-order valence-corrected chi connectivity index (χ3v) is 5.25. The summed E-state index contributed by atoms with van der Waals surface area (Å²) in [5.41, 5.74) is 6.25. The van der Waals surface area contributed by atoms with Gasteiger partial charge in [-0.15, -0.1) is 0 Å². The van der Waals surface area contributed by atoms with Gasteiger partial charge in [-0.3, -0.25) is 4.90 Å². The molecule has 0 amide bonds. The summed E-state index contributed by atoms with van der Waals surface area (Å²) in [6.45, 7) is 4.85. The smallest absolute Gasteiger partial charge is 0.0247 e. The van der Waals surface area contributed by atoms with E-state index in [1.807, 2.05) is 0 Å². The number of nitrogens with zero attached hydrogens (tertiary/aromatic N) is 1. The van der Waals surface area contributed by atoms with E-state index in [0.29, 0.717) is 12.1 Å². The van der Waals surface area contributed by atoms with Gasteiger partial charge in [-0.1, -0.05) is 19.8 Å². The standard InChI is InChI=1S/C12H24N2S/c1-2-10-9-14(7-8-15-10)12-6-4-3-5-11(12)13/h10-12H,2-9,13H2,1H3. The van der Waals surface area contributed by atoms with E-state index in [4.69, 9.17) is 5.73 Å². The molecule has 3 atom stereocenters. The van der Waals surface area contributed by atoms with Crippen LogP contribution in [0.25, 0.3) is 0 Å². The van der Waals surface area contributed by atoms with Crippen LogP contribution in [0.4, 0.5) is 0 Å². The lowest BCUT2D eigenvalue weighted by atomic mass is 9.89. The second-order valence-corrected chi connectivity index (χ2v) is 6.32. The lowest BCUT2D eigenvalue weighted by molar-refractivity contribution is 0.141. The summed E-state index contributed by atoms with van der Waals surface area (Å²) < 4.78 is 0. The van der Waals surface area contributed by atoms with Crippen molar-refractivity contribution in [3.05, 3.63) is 0 Å². The molecule has 3 unspecified atom stereocenters. The second kappa shape index (κ2) is 5.55. The largest absolute Gasteiger partial charge is 0.326 e. The maximum atomic E-state index is 6.25. The number of rotatable bonds is 2. The molecule has 1 saturated heterocycles. The Balaban J connectivity index is 1.90. The van der Waals surface area contributed by atoms with Crippen LogP contribution in [0.3, 0.4) is 0 Å². The Morgan fingerprint density at radius 2 is 2.13 bits per heavy atom. The molecule has 2 aliphatic rings. The zero-order chi connectivity index (χ0) is 10.7. The first-order valence-electron chi connectivity index (χ1n) is 6.42. The van der Waals surface area contributed by atoms with E-state index in [0.717, 1.165) is 5.25 Å². The highest BCUT2D eigenvalue weighted by Crippen LogP contribution is 2.28. The number of thioether (sulfide) groups is 1. The Kier molecular flexibility index (Phi) is 4.35. The van der Waals surface area contributed by atoms with Crippen LogP contribution in [0.2, 0.25) is 0 Å². The summed E-state index contributed by atoms with van der Waals surface area (Å²) in [7, 11) is 0. The molecule has 0 aromatic carbocycles. The minimum Gasteiger partial charge on any atom is -0.326 e. The molecule has 0 spiro atoms. The summed E-state index contributed by atoms with van der Waals surface area (Å²) >= 11 is 2.15. The van der Waals surface area contributed by atoms with E-state index in [-0.39, 0.29) is 0 Å². The van der Waals surface area contributed by atoms with Gasteiger partial charge in [-0.2, -0.15) is 11.8 Å². The van der Waals surface area contributed by atoms with Crippen molar-refractivity contribution in [2.45, 2.75) is 56.4 Å². The van der Waals surface area contributed by atoms with Gasteiger partial charge in [-0.05, 0) is 19.3 Å². The number of hydrogen-bond donors (Lipinski definition) is 1. The zero-order valence-electron chi connectivity index (χ0n) is 9.82. The molecular formula is C12H24N2S. The van der Waals surface area contributed by atoms with Gasteiger partial charge in [0.1, 0.15) is 0 Å². The molecule has 3 heteroatoms. The van der Waals surface area contributed by atoms with Crippen molar-refractivity contribution in [1.82, 2.24) is 4.90 Å². The van der Waals surface area contributed by atoms with Crippen molar-refractivity contribution in [3.63, 3.8) is 0 Å². The van der Waals surface area contributed by atoms with Gasteiger partial charge in [0.2, 0.25) is 0 Å². The second-order valence-electron chi connectivity index (χ2n) is 4.91. The van der Waals surface area contributed by atoms with Crippen LogP contribution in [-0.4, -0.2) is 41.1 Å². The average molecular weight is 228 g/mol. The van der Waals surface area contributed by atoms with Crippen LogP contribution in [0.15, 0.2) is 0 Å². The van der Waals surface area contributed by atoms with E-state index in [1.54, 1.807) is 0 Å². The van der Waals surface area contributed by atoms with Crippen LogP contribution in [-0.2, 0) is 0 Å². The van der Waals surface area contributed by atoms with Crippen molar-refractivity contribution in [1.29, 1.82) is 0 Å². The molecule has 1 aliphatic carbocycles. The minimum absolute atomic E-state index is 0.444. The number of hydrogen-bond acceptors (Lipinski definition) is 3. The van der Waals surface area contributed by atoms with Crippen LogP contribution >= 0.6 is 11.8 Å². The predicted molar refractivity (Wildman–Crippen MR) is 68.3 cm³/mol. The van der Waals surface area contributed by atoms with Crippen molar-refractivity contribution in [3.8, 4) is 0 Å². The van der Waals surface area contributed by atoms with Crippen LogP contribution < -0.4 is 5.73 Å². The Hall–Kier alpha value is 0.270. The fourth-order valence-electron chi connectivity index (χ4n) is 2.88. The fraction of sp³-hybridized carbons (Fsp3) is 1.00. The van der Waals surface area contributed by atoms with Crippen LogP contribution in [0.5, 0.6) is 0 Å². The Morgan fingerprint density at radius 1 is 1.33 bits per heavy atom. The topological polar surface area (TPSA) is 29.3 Å². The lowest BCUT2D eigenvalue weighted by Crippen LogP contribution is -2.53. The van der Waals surface area contributed by atoms with Crippen molar-refractivity contribution < 1.29 is 0 Å². The molecule has 2 fully saturated rings. The van der Waals surface area contributed by atoms with Crippen molar-refractivity contribution in [2.75, 3.05) is 18.8 Å². The highest BCUT2D eigenvalue weighted by atomic mass is 32.2. The van der Waals surface area contributed by atoms with Gasteiger partial charge < -0.3 is 5.73 Å². The molecule has 88 valence electrons. The van der Waals surface area contributed by atoms with E-state index in [1.165, 1.54) is 50.9 Å². The van der Waals surface area contributed by atoms with E-state index in [9.17, 15) is 0 Å². The summed E-state index contributed by atoms with van der Waals surface area (Å²) in [6.07, 6.45) is 6.62. The average Bonchev–Trinajstić information content (AvgIpc) is 2.30. The molecule has 2 nitrogen and oxygen atoms in total. The first-order chi connectivity index (χ1) is 7.31. The molecule has 1 heterocycles. The molecule has 1 aliphatic heterocycles. The predicted octanol–water partition coefficient (Wildman–Crippen LogP) is 2.08. The Morgan fingerprint density at radius 3 is 2.87 bits per heavy atom. The van der Waals surface area contributed by atoms with E-state index < -0.39 is 0 Å². The molecule has 0 radical (unpaired) electrons. The number of nitrogens with two attached hydrogens (primary N) is 1. The summed E-state index contributed by atoms with van der Waals surface area (Å²) in [4.78, 5) is 2.68. The van der Waals surface area contributed by atoms with Gasteiger partial charge in [0, 0.05) is 36.2 Å². The van der Waals surface area contributed by atoms with Crippen LogP contribution in [0.1, 0.15) is 39.0 Å². The van der Waals surface area contributed by atoms with Crippen molar-refractivity contribution >= 4 is 11.8 Å². The summed E-state index contributed by atoms with van der Waals surface area (Å²) in [5, 5.41) is 0.855. The summed E-state index contributed by atoms with van der Waals surface area (Å²) in [5.74, 6) is 1.31. The molecule has 15 heavy (non-hydrogen) atoms. The highest BCUT2D eigenvalue weighted by molar-refractivity contribution is 8.00. The monoisotopic (exact) mass is 228 g/mol. The lowest BCUT2D eigenvalue weighted by Gasteiger charge is -2.42. The Labute approximate surface area is 98.0 Å². The quantitative estimate of drug-likeness (QED) is 0.784. The molecule has 1 saturated carbocycles. The highest BCUT2D eigenvalue weighted by Gasteiger charge is 2.30. The molecule has 0 bridgehead atoms. The van der Waals surface area contributed by atoms with Crippen molar-refractivity contribution in [2.24, 2.45) is 5.73 Å². The molecule has 0 aromatic heterocycles. The molecule has 2 N–H and O–H groups in total. The van der Waals surface area contributed by atoms with Gasteiger partial charge >= 0.3 is 0 Å². The van der Waals surface area contributed by atoms with Gasteiger partial charge in [0.15, 0.2) is 0 Å². The van der Waals surface area contributed by atoms with E-state index >= 15 is 0 Å². The van der Waals surface area contributed by atoms with Gasteiger partial charge in [0.25, 0.3) is 0 Å². The Bertz CT molecular complexity index is 198. The maximum Gasteiger partial charge on any atom is 0.0247 e. The zero-order valence-corrected chi connectivity index (χ0v) is 10.6. The van der Waals surface area contributed by atoms with Gasteiger partial charge in [0.05, 0.1) is 0 Å². The molecular weight excluding hydrogens is 204 g/mol. The summed E-state index contributed by atoms with van der Waals surface area (Å²) in [6, 6.07) is 1.13. The van der Waals surface area contributed by atoms with E-state index in [2.05, 4.69) is 23.6 Å². The van der Waals surface area contributed by atoms with Gasteiger partial charge in [-0.25, -0.2) is 0 Å². The normalized spacial score (nSPS) is 39.2. The minimum atomic E-state index is 0.444. The molecule has 2 rings (SSSR count). The first kappa shape index (κ1) is 11.7. The molecule has 0 aromatic rings. The SMILES string of the molecule is CCC1CN(C2CCCCC2N)CCS1.